The monoisotopic (exact) mass is 308 g/mol. The van der Waals surface area contributed by atoms with Gasteiger partial charge in [0.25, 0.3) is 0 Å². The van der Waals surface area contributed by atoms with Crippen molar-refractivity contribution in [1.29, 1.82) is 0 Å². The topological polar surface area (TPSA) is 63.8 Å². The second-order valence-electron chi connectivity index (χ2n) is 4.38. The molecule has 1 fully saturated rings. The summed E-state index contributed by atoms with van der Waals surface area (Å²) < 4.78 is 6.12. The van der Waals surface area contributed by atoms with Gasteiger partial charge in [-0.2, -0.15) is 4.98 Å². The molecule has 1 aliphatic rings. The minimum atomic E-state index is 0.588. The van der Waals surface area contributed by atoms with Crippen molar-refractivity contribution in [3.05, 3.63) is 28.8 Å². The van der Waals surface area contributed by atoms with E-state index < -0.39 is 0 Å². The van der Waals surface area contributed by atoms with Crippen molar-refractivity contribution >= 4 is 15.9 Å². The van der Waals surface area contributed by atoms with Gasteiger partial charge >= 0.3 is 0 Å². The van der Waals surface area contributed by atoms with Gasteiger partial charge in [0.1, 0.15) is 0 Å². The second-order valence-corrected chi connectivity index (χ2v) is 5.30. The molecule has 5 nitrogen and oxygen atoms in total. The Morgan fingerprint density at radius 3 is 3.06 bits per heavy atom. The Morgan fingerprint density at radius 1 is 1.39 bits per heavy atom. The molecule has 1 saturated carbocycles. The predicted octanol–water partition coefficient (Wildman–Crippen LogP) is 2.19. The maximum atomic E-state index is 5.22. The van der Waals surface area contributed by atoms with Crippen LogP contribution in [0.15, 0.2) is 27.5 Å². The van der Waals surface area contributed by atoms with Gasteiger partial charge in [0, 0.05) is 41.4 Å². The van der Waals surface area contributed by atoms with Crippen molar-refractivity contribution in [1.82, 2.24) is 20.4 Å². The first-order valence-corrected chi connectivity index (χ1v) is 6.77. The molecule has 0 atom stereocenters. The Labute approximate surface area is 113 Å². The van der Waals surface area contributed by atoms with E-state index in [2.05, 4.69) is 36.4 Å². The van der Waals surface area contributed by atoms with Crippen molar-refractivity contribution in [2.45, 2.75) is 25.3 Å². The molecule has 18 heavy (non-hydrogen) atoms. The summed E-state index contributed by atoms with van der Waals surface area (Å²) in [7, 11) is 0. The molecule has 1 N–H and O–H groups in total. The fourth-order valence-corrected chi connectivity index (χ4v) is 2.04. The number of aromatic nitrogens is 3. The molecule has 1 aliphatic carbocycles. The molecule has 0 radical (unpaired) electrons. The maximum absolute atomic E-state index is 5.22. The zero-order chi connectivity index (χ0) is 12.4. The van der Waals surface area contributed by atoms with Crippen LogP contribution in [0, 0.1) is 0 Å². The molecule has 0 saturated heterocycles. The summed E-state index contributed by atoms with van der Waals surface area (Å²) in [6.07, 6.45) is 6.80. The molecular weight excluding hydrogens is 296 g/mol. The standard InChI is InChI=1S/C12H13BrN4O/c13-9-5-8(6-14-7-9)12-16-11(18-17-12)3-4-15-10-1-2-10/h5-7,10,15H,1-4H2. The van der Waals surface area contributed by atoms with Crippen LogP contribution in [0.25, 0.3) is 11.4 Å². The smallest absolute Gasteiger partial charge is 0.228 e. The number of rotatable bonds is 5. The molecule has 3 rings (SSSR count). The summed E-state index contributed by atoms with van der Waals surface area (Å²) >= 11 is 3.37. The number of nitrogens with one attached hydrogen (secondary N) is 1. The summed E-state index contributed by atoms with van der Waals surface area (Å²) in [5, 5.41) is 7.38. The van der Waals surface area contributed by atoms with Crippen LogP contribution in [0.3, 0.4) is 0 Å². The first kappa shape index (κ1) is 11.8. The third-order valence-electron chi connectivity index (χ3n) is 2.78. The summed E-state index contributed by atoms with van der Waals surface area (Å²) in [5.74, 6) is 1.25. The van der Waals surface area contributed by atoms with Gasteiger partial charge in [-0.05, 0) is 34.8 Å². The highest BCUT2D eigenvalue weighted by molar-refractivity contribution is 9.10. The van der Waals surface area contributed by atoms with Crippen molar-refractivity contribution in [2.24, 2.45) is 0 Å². The minimum Gasteiger partial charge on any atom is -0.339 e. The average molecular weight is 309 g/mol. The van der Waals surface area contributed by atoms with Gasteiger partial charge in [0.05, 0.1) is 0 Å². The van der Waals surface area contributed by atoms with Crippen LogP contribution in [0.1, 0.15) is 18.7 Å². The van der Waals surface area contributed by atoms with Crippen LogP contribution in [0.4, 0.5) is 0 Å². The van der Waals surface area contributed by atoms with E-state index in [9.17, 15) is 0 Å². The lowest BCUT2D eigenvalue weighted by atomic mass is 10.3. The fraction of sp³-hybridized carbons (Fsp3) is 0.417. The van der Waals surface area contributed by atoms with Gasteiger partial charge in [-0.1, -0.05) is 5.16 Å². The van der Waals surface area contributed by atoms with Gasteiger partial charge in [0.2, 0.25) is 11.7 Å². The summed E-state index contributed by atoms with van der Waals surface area (Å²) in [4.78, 5) is 8.44. The van der Waals surface area contributed by atoms with Gasteiger partial charge < -0.3 is 9.84 Å². The Kier molecular flexibility index (Phi) is 3.38. The van der Waals surface area contributed by atoms with E-state index in [0.717, 1.165) is 23.0 Å². The van der Waals surface area contributed by atoms with Crippen molar-refractivity contribution in [3.8, 4) is 11.4 Å². The molecule has 0 bridgehead atoms. The van der Waals surface area contributed by atoms with E-state index in [4.69, 9.17) is 4.52 Å². The van der Waals surface area contributed by atoms with E-state index in [1.165, 1.54) is 12.8 Å². The molecule has 94 valence electrons. The Bertz CT molecular complexity index is 538. The Hall–Kier alpha value is -1.27. The number of hydrogen-bond donors (Lipinski definition) is 1. The fourth-order valence-electron chi connectivity index (χ4n) is 1.68. The molecule has 0 unspecified atom stereocenters. The number of halogens is 1. The van der Waals surface area contributed by atoms with Crippen LogP contribution in [-0.2, 0) is 6.42 Å². The lowest BCUT2D eigenvalue weighted by molar-refractivity contribution is 0.376. The van der Waals surface area contributed by atoms with E-state index in [1.54, 1.807) is 12.4 Å². The van der Waals surface area contributed by atoms with Crippen LogP contribution < -0.4 is 5.32 Å². The molecule has 2 heterocycles. The van der Waals surface area contributed by atoms with Crippen molar-refractivity contribution in [2.75, 3.05) is 6.54 Å². The Balaban J connectivity index is 1.64. The average Bonchev–Trinajstić information content (AvgIpc) is 3.06. The van der Waals surface area contributed by atoms with Crippen LogP contribution in [0.2, 0.25) is 0 Å². The van der Waals surface area contributed by atoms with E-state index in [-0.39, 0.29) is 0 Å². The molecule has 0 aliphatic heterocycles. The quantitative estimate of drug-likeness (QED) is 0.917. The van der Waals surface area contributed by atoms with E-state index >= 15 is 0 Å². The molecule has 2 aromatic heterocycles. The zero-order valence-corrected chi connectivity index (χ0v) is 11.4. The molecule has 0 amide bonds. The van der Waals surface area contributed by atoms with Crippen LogP contribution in [-0.4, -0.2) is 27.7 Å². The zero-order valence-electron chi connectivity index (χ0n) is 9.77. The van der Waals surface area contributed by atoms with Gasteiger partial charge in [0.15, 0.2) is 0 Å². The second kappa shape index (κ2) is 5.16. The van der Waals surface area contributed by atoms with Gasteiger partial charge in [-0.25, -0.2) is 0 Å². The van der Waals surface area contributed by atoms with Crippen LogP contribution >= 0.6 is 15.9 Å². The number of pyridine rings is 1. The van der Waals surface area contributed by atoms with Crippen molar-refractivity contribution < 1.29 is 4.52 Å². The molecular formula is C12H13BrN4O. The van der Waals surface area contributed by atoms with Gasteiger partial charge in [-0.3, -0.25) is 4.98 Å². The third kappa shape index (κ3) is 2.94. The highest BCUT2D eigenvalue weighted by Crippen LogP contribution is 2.20. The number of hydrogen-bond acceptors (Lipinski definition) is 5. The van der Waals surface area contributed by atoms with Gasteiger partial charge in [-0.15, -0.1) is 0 Å². The normalized spacial score (nSPS) is 14.9. The highest BCUT2D eigenvalue weighted by Gasteiger charge is 2.20. The lowest BCUT2D eigenvalue weighted by Gasteiger charge is -1.97. The van der Waals surface area contributed by atoms with E-state index in [1.807, 2.05) is 6.07 Å². The molecule has 6 heteroatoms. The van der Waals surface area contributed by atoms with Crippen LogP contribution in [0.5, 0.6) is 0 Å². The number of nitrogens with zero attached hydrogens (tertiary/aromatic N) is 3. The predicted molar refractivity (Wildman–Crippen MR) is 70.0 cm³/mol. The van der Waals surface area contributed by atoms with E-state index in [0.29, 0.717) is 17.8 Å². The SMILES string of the molecule is Brc1cncc(-c2noc(CCNC3CC3)n2)c1. The lowest BCUT2D eigenvalue weighted by Crippen LogP contribution is -2.19. The maximum Gasteiger partial charge on any atom is 0.228 e. The summed E-state index contributed by atoms with van der Waals surface area (Å²) in [6, 6.07) is 2.63. The minimum absolute atomic E-state index is 0.588. The highest BCUT2D eigenvalue weighted by atomic mass is 79.9. The molecule has 2 aromatic rings. The largest absolute Gasteiger partial charge is 0.339 e. The summed E-state index contributed by atoms with van der Waals surface area (Å²) in [6.45, 7) is 0.892. The molecule has 0 spiro atoms. The summed E-state index contributed by atoms with van der Waals surface area (Å²) in [5.41, 5.74) is 0.856. The Morgan fingerprint density at radius 2 is 2.28 bits per heavy atom. The third-order valence-corrected chi connectivity index (χ3v) is 3.21. The van der Waals surface area contributed by atoms with Crippen molar-refractivity contribution in [3.63, 3.8) is 0 Å². The first-order chi connectivity index (χ1) is 8.81. The molecule has 0 aromatic carbocycles. The first-order valence-electron chi connectivity index (χ1n) is 5.98.